The Morgan fingerprint density at radius 2 is 2.06 bits per heavy atom. The number of halogens is 2. The Balaban J connectivity index is 2.15. The van der Waals surface area contributed by atoms with Crippen LogP contribution in [0.5, 0.6) is 5.75 Å². The third-order valence-electron chi connectivity index (χ3n) is 2.60. The highest BCUT2D eigenvalue weighted by atomic mass is 35.5. The summed E-state index contributed by atoms with van der Waals surface area (Å²) in [6, 6.07) is 9.76. The molecule has 1 N–H and O–H groups in total. The van der Waals surface area contributed by atoms with E-state index in [-0.39, 0.29) is 6.04 Å². The van der Waals surface area contributed by atoms with Crippen LogP contribution in [0.25, 0.3) is 0 Å². The Kier molecular flexibility index (Phi) is 4.38. The van der Waals surface area contributed by atoms with E-state index in [1.807, 2.05) is 37.3 Å². The fourth-order valence-corrected chi connectivity index (χ4v) is 3.33. The van der Waals surface area contributed by atoms with Crippen molar-refractivity contribution in [1.29, 1.82) is 0 Å². The Morgan fingerprint density at radius 3 is 2.67 bits per heavy atom. The van der Waals surface area contributed by atoms with Crippen LogP contribution < -0.4 is 10.1 Å². The van der Waals surface area contributed by atoms with Gasteiger partial charge in [-0.1, -0.05) is 29.3 Å². The van der Waals surface area contributed by atoms with E-state index in [0.717, 1.165) is 21.3 Å². The fourth-order valence-electron chi connectivity index (χ4n) is 1.69. The summed E-state index contributed by atoms with van der Waals surface area (Å²) in [5.74, 6) is 0.821. The number of rotatable bonds is 4. The van der Waals surface area contributed by atoms with E-state index in [1.165, 1.54) is 11.3 Å². The molecule has 0 bridgehead atoms. The summed E-state index contributed by atoms with van der Waals surface area (Å²) in [5, 5.41) is 3.37. The quantitative estimate of drug-likeness (QED) is 0.834. The highest BCUT2D eigenvalue weighted by Crippen LogP contribution is 2.36. The van der Waals surface area contributed by atoms with Crippen LogP contribution in [0.4, 0.5) is 5.69 Å². The zero-order valence-electron chi connectivity index (χ0n) is 10.0. The van der Waals surface area contributed by atoms with E-state index in [0.29, 0.717) is 4.34 Å². The maximum Gasteiger partial charge on any atom is 0.120 e. The molecule has 2 aromatic rings. The van der Waals surface area contributed by atoms with Crippen LogP contribution in [-0.2, 0) is 0 Å². The average molecular weight is 302 g/mol. The minimum atomic E-state index is 0.0911. The second-order valence-electron chi connectivity index (χ2n) is 3.88. The number of nitrogens with one attached hydrogen (secondary N) is 1. The van der Waals surface area contributed by atoms with E-state index >= 15 is 0 Å². The van der Waals surface area contributed by atoms with Crippen molar-refractivity contribution >= 4 is 40.2 Å². The fraction of sp³-hybridized carbons (Fsp3) is 0.231. The molecule has 5 heteroatoms. The van der Waals surface area contributed by atoms with Gasteiger partial charge in [-0.25, -0.2) is 0 Å². The molecule has 0 aliphatic rings. The van der Waals surface area contributed by atoms with Gasteiger partial charge in [0.2, 0.25) is 0 Å². The molecule has 1 heterocycles. The molecule has 0 aliphatic carbocycles. The predicted octanol–water partition coefficient (Wildman–Crippen LogP) is 5.24. The van der Waals surface area contributed by atoms with Gasteiger partial charge in [-0.3, -0.25) is 0 Å². The summed E-state index contributed by atoms with van der Waals surface area (Å²) < 4.78 is 6.61. The number of hydrogen-bond donors (Lipinski definition) is 1. The van der Waals surface area contributed by atoms with Crippen LogP contribution in [0.3, 0.4) is 0 Å². The van der Waals surface area contributed by atoms with Crippen molar-refractivity contribution in [3.05, 3.63) is 44.6 Å². The van der Waals surface area contributed by atoms with Crippen molar-refractivity contribution in [3.8, 4) is 5.75 Å². The Bertz CT molecular complexity index is 542. The minimum absolute atomic E-state index is 0.0911. The van der Waals surface area contributed by atoms with Gasteiger partial charge in [0.1, 0.15) is 5.75 Å². The van der Waals surface area contributed by atoms with Crippen molar-refractivity contribution in [3.63, 3.8) is 0 Å². The van der Waals surface area contributed by atoms with Crippen LogP contribution in [0.1, 0.15) is 18.5 Å². The lowest BCUT2D eigenvalue weighted by Gasteiger charge is -2.15. The maximum absolute atomic E-state index is 6.13. The summed E-state index contributed by atoms with van der Waals surface area (Å²) in [6.45, 7) is 2.05. The molecule has 1 aromatic heterocycles. The molecule has 0 saturated heterocycles. The van der Waals surface area contributed by atoms with Gasteiger partial charge in [-0.15, -0.1) is 11.3 Å². The molecule has 1 unspecified atom stereocenters. The lowest BCUT2D eigenvalue weighted by Crippen LogP contribution is -2.05. The van der Waals surface area contributed by atoms with E-state index < -0.39 is 0 Å². The predicted molar refractivity (Wildman–Crippen MR) is 79.4 cm³/mol. The minimum Gasteiger partial charge on any atom is -0.497 e. The number of thiophene rings is 1. The first-order valence-electron chi connectivity index (χ1n) is 5.45. The number of benzene rings is 1. The van der Waals surface area contributed by atoms with E-state index in [2.05, 4.69) is 5.32 Å². The van der Waals surface area contributed by atoms with Gasteiger partial charge < -0.3 is 10.1 Å². The Hall–Kier alpha value is -0.900. The molecule has 1 aromatic carbocycles. The third kappa shape index (κ3) is 3.10. The molecule has 2 rings (SSSR count). The normalized spacial score (nSPS) is 12.2. The van der Waals surface area contributed by atoms with Crippen LogP contribution in [-0.4, -0.2) is 7.11 Å². The second kappa shape index (κ2) is 5.83. The third-order valence-corrected chi connectivity index (χ3v) is 4.12. The largest absolute Gasteiger partial charge is 0.497 e. The number of ether oxygens (including phenoxy) is 1. The Morgan fingerprint density at radius 1 is 1.28 bits per heavy atom. The Labute approximate surface area is 120 Å². The molecule has 0 radical (unpaired) electrons. The molecule has 18 heavy (non-hydrogen) atoms. The van der Waals surface area contributed by atoms with Gasteiger partial charge in [0.25, 0.3) is 0 Å². The number of hydrogen-bond acceptors (Lipinski definition) is 3. The average Bonchev–Trinajstić information content (AvgIpc) is 2.69. The molecule has 0 aliphatic heterocycles. The molecule has 0 amide bonds. The van der Waals surface area contributed by atoms with Gasteiger partial charge in [0, 0.05) is 17.3 Å². The smallest absolute Gasteiger partial charge is 0.120 e. The van der Waals surface area contributed by atoms with Crippen molar-refractivity contribution in [2.24, 2.45) is 0 Å². The summed E-state index contributed by atoms with van der Waals surface area (Å²) in [7, 11) is 1.65. The number of methoxy groups -OCH3 is 1. The van der Waals surface area contributed by atoms with E-state index in [4.69, 9.17) is 27.9 Å². The van der Waals surface area contributed by atoms with Crippen LogP contribution in [0.15, 0.2) is 30.3 Å². The van der Waals surface area contributed by atoms with Gasteiger partial charge in [-0.2, -0.15) is 0 Å². The summed E-state index contributed by atoms with van der Waals surface area (Å²) in [5.41, 5.74) is 2.00. The van der Waals surface area contributed by atoms with Gasteiger partial charge in [0.15, 0.2) is 0 Å². The molecular formula is C13H13Cl2NOS. The molecule has 0 saturated carbocycles. The summed E-state index contributed by atoms with van der Waals surface area (Å²) in [4.78, 5) is 0. The first kappa shape index (κ1) is 13.5. The second-order valence-corrected chi connectivity index (χ2v) is 6.16. The SMILES string of the molecule is COc1cccc(NC(C)c2cc(Cl)sc2Cl)c1. The first-order valence-corrected chi connectivity index (χ1v) is 7.02. The van der Waals surface area contributed by atoms with E-state index in [1.54, 1.807) is 7.11 Å². The summed E-state index contributed by atoms with van der Waals surface area (Å²) in [6.07, 6.45) is 0. The standard InChI is InChI=1S/C13H13Cl2NOS/c1-8(11-7-12(14)18-13(11)15)16-9-4-3-5-10(6-9)17-2/h3-8,16H,1-2H3. The molecular weight excluding hydrogens is 289 g/mol. The van der Waals surface area contributed by atoms with Crippen LogP contribution >= 0.6 is 34.5 Å². The van der Waals surface area contributed by atoms with Crippen molar-refractivity contribution in [2.45, 2.75) is 13.0 Å². The zero-order chi connectivity index (χ0) is 13.1. The van der Waals surface area contributed by atoms with E-state index in [9.17, 15) is 0 Å². The molecule has 1 atom stereocenters. The van der Waals surface area contributed by atoms with Gasteiger partial charge in [0.05, 0.1) is 21.8 Å². The monoisotopic (exact) mass is 301 g/mol. The molecule has 96 valence electrons. The van der Waals surface area contributed by atoms with Crippen molar-refractivity contribution in [1.82, 2.24) is 0 Å². The van der Waals surface area contributed by atoms with Crippen molar-refractivity contribution in [2.75, 3.05) is 12.4 Å². The van der Waals surface area contributed by atoms with Gasteiger partial charge in [-0.05, 0) is 25.1 Å². The first-order chi connectivity index (χ1) is 8.60. The van der Waals surface area contributed by atoms with Crippen molar-refractivity contribution < 1.29 is 4.74 Å². The number of anilines is 1. The topological polar surface area (TPSA) is 21.3 Å². The molecule has 0 fully saturated rings. The van der Waals surface area contributed by atoms with Crippen LogP contribution in [0, 0.1) is 0 Å². The lowest BCUT2D eigenvalue weighted by molar-refractivity contribution is 0.415. The van der Waals surface area contributed by atoms with Crippen LogP contribution in [0.2, 0.25) is 8.67 Å². The maximum atomic E-state index is 6.13. The summed E-state index contributed by atoms with van der Waals surface area (Å²) >= 11 is 13.5. The zero-order valence-corrected chi connectivity index (χ0v) is 12.4. The lowest BCUT2D eigenvalue weighted by atomic mass is 10.1. The molecule has 0 spiro atoms. The highest BCUT2D eigenvalue weighted by Gasteiger charge is 2.13. The van der Waals surface area contributed by atoms with Gasteiger partial charge >= 0.3 is 0 Å². The highest BCUT2D eigenvalue weighted by molar-refractivity contribution is 7.20. The molecule has 2 nitrogen and oxygen atoms in total.